The van der Waals surface area contributed by atoms with Crippen molar-refractivity contribution in [2.75, 3.05) is 13.2 Å². The van der Waals surface area contributed by atoms with Crippen LogP contribution in [0.1, 0.15) is 52.4 Å². The van der Waals surface area contributed by atoms with Crippen LogP contribution in [0, 0.1) is 0 Å². The molecule has 0 aliphatic rings. The van der Waals surface area contributed by atoms with E-state index in [0.717, 1.165) is 25.7 Å². The first-order valence-corrected chi connectivity index (χ1v) is 6.74. The van der Waals surface area contributed by atoms with Crippen molar-refractivity contribution < 1.29 is 28.9 Å². The number of esters is 1. The molecular weight excluding hydrogens is 252 g/mol. The molecule has 112 valence electrons. The molecule has 0 saturated heterocycles. The fourth-order valence-electron chi connectivity index (χ4n) is 1.14. The van der Waals surface area contributed by atoms with Crippen molar-refractivity contribution >= 4 is 11.9 Å². The van der Waals surface area contributed by atoms with E-state index in [4.69, 9.17) is 19.3 Å². The molecule has 0 amide bonds. The summed E-state index contributed by atoms with van der Waals surface area (Å²) in [5.41, 5.74) is 0. The Hall–Kier alpha value is -1.14. The normalized spacial score (nSPS) is 10.7. The van der Waals surface area contributed by atoms with Crippen molar-refractivity contribution in [3.05, 3.63) is 0 Å². The third-order valence-electron chi connectivity index (χ3n) is 2.27. The number of hydrogen-bond acceptors (Lipinski definition) is 5. The Morgan fingerprint density at radius 2 is 1.53 bits per heavy atom. The SMILES string of the molecule is CCCCOC(OCCCC)OC(=O)CCC(=O)O. The predicted molar refractivity (Wildman–Crippen MR) is 68.5 cm³/mol. The highest BCUT2D eigenvalue weighted by Gasteiger charge is 2.16. The minimum absolute atomic E-state index is 0.180. The van der Waals surface area contributed by atoms with Crippen LogP contribution in [-0.2, 0) is 23.8 Å². The molecule has 0 aliphatic carbocycles. The number of rotatable bonds is 12. The zero-order chi connectivity index (χ0) is 14.5. The van der Waals surface area contributed by atoms with Gasteiger partial charge in [-0.15, -0.1) is 0 Å². The number of carboxylic acids is 1. The quantitative estimate of drug-likeness (QED) is 0.334. The third-order valence-corrected chi connectivity index (χ3v) is 2.27. The maximum Gasteiger partial charge on any atom is 0.318 e. The molecule has 0 rings (SSSR count). The van der Waals surface area contributed by atoms with E-state index in [0.29, 0.717) is 13.2 Å². The molecule has 0 saturated carbocycles. The molecule has 0 heterocycles. The lowest BCUT2D eigenvalue weighted by Crippen LogP contribution is -2.26. The van der Waals surface area contributed by atoms with Crippen LogP contribution in [0.4, 0.5) is 0 Å². The molecule has 0 unspecified atom stereocenters. The molecule has 6 heteroatoms. The van der Waals surface area contributed by atoms with Gasteiger partial charge in [0.25, 0.3) is 0 Å². The van der Waals surface area contributed by atoms with Crippen LogP contribution < -0.4 is 0 Å². The topological polar surface area (TPSA) is 82.1 Å². The van der Waals surface area contributed by atoms with E-state index < -0.39 is 18.4 Å². The van der Waals surface area contributed by atoms with Crippen molar-refractivity contribution in [2.45, 2.75) is 58.8 Å². The highest BCUT2D eigenvalue weighted by atomic mass is 16.9. The molecule has 0 aliphatic heterocycles. The molecule has 0 aromatic carbocycles. The van der Waals surface area contributed by atoms with Gasteiger partial charge >= 0.3 is 18.4 Å². The van der Waals surface area contributed by atoms with E-state index in [9.17, 15) is 9.59 Å². The average Bonchev–Trinajstić information content (AvgIpc) is 2.36. The van der Waals surface area contributed by atoms with Crippen molar-refractivity contribution in [1.29, 1.82) is 0 Å². The summed E-state index contributed by atoms with van der Waals surface area (Å²) in [6.07, 6.45) is 3.19. The summed E-state index contributed by atoms with van der Waals surface area (Å²) in [7, 11) is 0. The summed E-state index contributed by atoms with van der Waals surface area (Å²) in [6, 6.07) is 0. The second-order valence-corrected chi connectivity index (χ2v) is 4.12. The van der Waals surface area contributed by atoms with E-state index in [1.54, 1.807) is 0 Å². The molecule has 0 radical (unpaired) electrons. The van der Waals surface area contributed by atoms with Crippen molar-refractivity contribution in [3.8, 4) is 0 Å². The Morgan fingerprint density at radius 1 is 1.00 bits per heavy atom. The fraction of sp³-hybridized carbons (Fsp3) is 0.846. The molecule has 0 spiro atoms. The summed E-state index contributed by atoms with van der Waals surface area (Å²) in [5, 5.41) is 8.47. The van der Waals surface area contributed by atoms with Gasteiger partial charge in [0.05, 0.1) is 26.1 Å². The summed E-state index contributed by atoms with van der Waals surface area (Å²) >= 11 is 0. The van der Waals surface area contributed by atoms with Gasteiger partial charge in [-0.05, 0) is 12.8 Å². The summed E-state index contributed by atoms with van der Waals surface area (Å²) in [6.45, 7) is 3.91. The minimum Gasteiger partial charge on any atom is -0.481 e. The maximum absolute atomic E-state index is 11.4. The van der Waals surface area contributed by atoms with Crippen LogP contribution in [-0.4, -0.2) is 36.7 Å². The Balaban J connectivity index is 3.99. The van der Waals surface area contributed by atoms with Crippen molar-refractivity contribution in [3.63, 3.8) is 0 Å². The Bertz CT molecular complexity index is 244. The van der Waals surface area contributed by atoms with Gasteiger partial charge in [0.2, 0.25) is 0 Å². The van der Waals surface area contributed by atoms with E-state index in [2.05, 4.69) is 0 Å². The summed E-state index contributed by atoms with van der Waals surface area (Å²) in [4.78, 5) is 21.7. The van der Waals surface area contributed by atoms with E-state index in [1.807, 2.05) is 13.8 Å². The van der Waals surface area contributed by atoms with Crippen LogP contribution in [0.2, 0.25) is 0 Å². The van der Waals surface area contributed by atoms with Crippen LogP contribution >= 0.6 is 0 Å². The van der Waals surface area contributed by atoms with Crippen LogP contribution in [0.3, 0.4) is 0 Å². The first-order chi connectivity index (χ1) is 9.10. The molecule has 0 aromatic heterocycles. The van der Waals surface area contributed by atoms with E-state index >= 15 is 0 Å². The van der Waals surface area contributed by atoms with Gasteiger partial charge in [-0.3, -0.25) is 9.59 Å². The lowest BCUT2D eigenvalue weighted by molar-refractivity contribution is -0.276. The number of hydrogen-bond donors (Lipinski definition) is 1. The number of carbonyl (C=O) groups excluding carboxylic acids is 1. The number of carbonyl (C=O) groups is 2. The monoisotopic (exact) mass is 276 g/mol. The Labute approximate surface area is 114 Å². The van der Waals surface area contributed by atoms with Crippen molar-refractivity contribution in [2.24, 2.45) is 0 Å². The summed E-state index contributed by atoms with van der Waals surface area (Å²) < 4.78 is 15.5. The zero-order valence-electron chi connectivity index (χ0n) is 11.7. The van der Waals surface area contributed by atoms with Crippen LogP contribution in [0.25, 0.3) is 0 Å². The van der Waals surface area contributed by atoms with E-state index in [1.165, 1.54) is 0 Å². The largest absolute Gasteiger partial charge is 0.481 e. The molecule has 0 aromatic rings. The minimum atomic E-state index is -1.03. The second-order valence-electron chi connectivity index (χ2n) is 4.12. The molecule has 6 nitrogen and oxygen atoms in total. The maximum atomic E-state index is 11.4. The lowest BCUT2D eigenvalue weighted by atomic mass is 10.3. The number of aliphatic carboxylic acids is 1. The fourth-order valence-corrected chi connectivity index (χ4v) is 1.14. The number of ether oxygens (including phenoxy) is 3. The Morgan fingerprint density at radius 3 is 1.95 bits per heavy atom. The van der Waals surface area contributed by atoms with Gasteiger partial charge in [0.15, 0.2) is 0 Å². The zero-order valence-corrected chi connectivity index (χ0v) is 11.7. The van der Waals surface area contributed by atoms with Gasteiger partial charge in [0, 0.05) is 0 Å². The second kappa shape index (κ2) is 11.9. The molecule has 0 bridgehead atoms. The van der Waals surface area contributed by atoms with Gasteiger partial charge in [-0.25, -0.2) is 0 Å². The average molecular weight is 276 g/mol. The molecule has 0 fully saturated rings. The first-order valence-electron chi connectivity index (χ1n) is 6.74. The van der Waals surface area contributed by atoms with Gasteiger partial charge < -0.3 is 19.3 Å². The number of unbranched alkanes of at least 4 members (excludes halogenated alkanes) is 2. The molecule has 1 N–H and O–H groups in total. The van der Waals surface area contributed by atoms with Crippen LogP contribution in [0.5, 0.6) is 0 Å². The van der Waals surface area contributed by atoms with Gasteiger partial charge in [-0.2, -0.15) is 0 Å². The van der Waals surface area contributed by atoms with E-state index in [-0.39, 0.29) is 12.8 Å². The first kappa shape index (κ1) is 17.9. The van der Waals surface area contributed by atoms with Crippen molar-refractivity contribution in [1.82, 2.24) is 0 Å². The summed E-state index contributed by atoms with van der Waals surface area (Å²) in [5.74, 6) is -1.66. The van der Waals surface area contributed by atoms with Gasteiger partial charge in [-0.1, -0.05) is 26.7 Å². The highest BCUT2D eigenvalue weighted by Crippen LogP contribution is 2.05. The predicted octanol–water partition coefficient (Wildman–Crippen LogP) is 2.31. The molecule has 0 atom stereocenters. The smallest absolute Gasteiger partial charge is 0.318 e. The van der Waals surface area contributed by atoms with Crippen LogP contribution in [0.15, 0.2) is 0 Å². The van der Waals surface area contributed by atoms with Gasteiger partial charge in [0.1, 0.15) is 0 Å². The lowest BCUT2D eigenvalue weighted by Gasteiger charge is -2.18. The standard InChI is InChI=1S/C13H24O6/c1-3-5-9-17-13(18-10-6-4-2)19-12(16)8-7-11(14)15/h13H,3-10H2,1-2H3,(H,14,15). The molecular formula is C13H24O6. The molecule has 19 heavy (non-hydrogen) atoms. The highest BCUT2D eigenvalue weighted by molar-refractivity contribution is 5.76. The Kier molecular flexibility index (Phi) is 11.2. The number of carboxylic acid groups (broad SMARTS) is 1. The third kappa shape index (κ3) is 11.7.